The first-order valence-corrected chi connectivity index (χ1v) is 9.77. The van der Waals surface area contributed by atoms with Gasteiger partial charge in [-0.3, -0.25) is 4.79 Å². The largest absolute Gasteiger partial charge is 0.417 e. The van der Waals surface area contributed by atoms with Gasteiger partial charge in [0.05, 0.1) is 16.9 Å². The topological polar surface area (TPSA) is 104 Å². The number of alkyl halides is 3. The van der Waals surface area contributed by atoms with Gasteiger partial charge in [-0.05, 0) is 11.6 Å². The molecule has 2 aromatic carbocycles. The normalized spacial score (nSPS) is 10.9. The van der Waals surface area contributed by atoms with Crippen LogP contribution in [0.4, 0.5) is 19.0 Å². The SMILES string of the molecule is N#Cc1c(N)nc(SCC(=O)c2ccccc2C(F)(F)F)c(C#N)c1-c1ccccc1. The molecule has 0 saturated heterocycles. The second kappa shape index (κ2) is 8.90. The zero-order chi connectivity index (χ0) is 22.6. The van der Waals surface area contributed by atoms with Gasteiger partial charge in [-0.25, -0.2) is 4.98 Å². The Bertz CT molecular complexity index is 1230. The van der Waals surface area contributed by atoms with Crippen LogP contribution in [0.15, 0.2) is 59.6 Å². The number of pyridine rings is 1. The van der Waals surface area contributed by atoms with E-state index >= 15 is 0 Å². The summed E-state index contributed by atoms with van der Waals surface area (Å²) >= 11 is 0.796. The summed E-state index contributed by atoms with van der Waals surface area (Å²) < 4.78 is 39.6. The number of carbonyl (C=O) groups is 1. The van der Waals surface area contributed by atoms with Gasteiger partial charge in [-0.1, -0.05) is 60.3 Å². The van der Waals surface area contributed by atoms with Gasteiger partial charge < -0.3 is 5.73 Å². The summed E-state index contributed by atoms with van der Waals surface area (Å²) in [6.07, 6.45) is -4.67. The lowest BCUT2D eigenvalue weighted by Gasteiger charge is -2.14. The number of hydrogen-bond acceptors (Lipinski definition) is 6. The number of carbonyl (C=O) groups excluding carboxylic acids is 1. The van der Waals surface area contributed by atoms with Crippen LogP contribution in [0, 0.1) is 22.7 Å². The van der Waals surface area contributed by atoms with Crippen molar-refractivity contribution in [1.29, 1.82) is 10.5 Å². The van der Waals surface area contributed by atoms with E-state index in [1.807, 2.05) is 12.1 Å². The van der Waals surface area contributed by atoms with E-state index in [9.17, 15) is 28.5 Å². The van der Waals surface area contributed by atoms with E-state index in [1.54, 1.807) is 30.3 Å². The quantitative estimate of drug-likeness (QED) is 0.441. The molecule has 3 rings (SSSR count). The summed E-state index contributed by atoms with van der Waals surface area (Å²) in [6, 6.07) is 17.0. The number of Topliss-reactive ketones (excluding diaryl/α,β-unsaturated/α-hetero) is 1. The second-order valence-corrected chi connectivity index (χ2v) is 7.24. The van der Waals surface area contributed by atoms with Crippen LogP contribution in [0.2, 0.25) is 0 Å². The zero-order valence-electron chi connectivity index (χ0n) is 15.8. The molecule has 0 spiro atoms. The van der Waals surface area contributed by atoms with Crippen molar-refractivity contribution in [2.24, 2.45) is 0 Å². The smallest absolute Gasteiger partial charge is 0.383 e. The Hall–Kier alpha value is -3.82. The van der Waals surface area contributed by atoms with E-state index in [1.165, 1.54) is 12.1 Å². The first-order chi connectivity index (χ1) is 14.8. The van der Waals surface area contributed by atoms with Gasteiger partial charge in [0, 0.05) is 11.1 Å². The Morgan fingerprint density at radius 1 is 1.00 bits per heavy atom. The summed E-state index contributed by atoms with van der Waals surface area (Å²) in [5, 5.41) is 19.3. The zero-order valence-corrected chi connectivity index (χ0v) is 16.6. The third-order valence-electron chi connectivity index (χ3n) is 4.35. The number of ketones is 1. The molecule has 0 saturated carbocycles. The van der Waals surface area contributed by atoms with Crippen molar-refractivity contribution in [2.75, 3.05) is 11.5 Å². The van der Waals surface area contributed by atoms with Crippen molar-refractivity contribution in [3.05, 3.63) is 76.9 Å². The number of benzene rings is 2. The Kier molecular flexibility index (Phi) is 6.28. The molecule has 0 unspecified atom stereocenters. The highest BCUT2D eigenvalue weighted by Gasteiger charge is 2.34. The van der Waals surface area contributed by atoms with Gasteiger partial charge in [0.25, 0.3) is 0 Å². The Morgan fingerprint density at radius 2 is 1.61 bits per heavy atom. The molecule has 0 aliphatic carbocycles. The lowest BCUT2D eigenvalue weighted by Crippen LogP contribution is -2.14. The van der Waals surface area contributed by atoms with Crippen molar-refractivity contribution in [2.45, 2.75) is 11.2 Å². The molecular weight excluding hydrogens is 425 g/mol. The highest BCUT2D eigenvalue weighted by molar-refractivity contribution is 8.00. The molecule has 0 aliphatic heterocycles. The first-order valence-electron chi connectivity index (χ1n) is 8.79. The van der Waals surface area contributed by atoms with Crippen LogP contribution in [-0.2, 0) is 6.18 Å². The van der Waals surface area contributed by atoms with Crippen LogP contribution < -0.4 is 5.73 Å². The number of nitrogens with two attached hydrogens (primary N) is 1. The molecule has 5 nitrogen and oxygen atoms in total. The summed E-state index contributed by atoms with van der Waals surface area (Å²) in [6.45, 7) is 0. The number of aromatic nitrogens is 1. The fourth-order valence-electron chi connectivity index (χ4n) is 2.98. The second-order valence-electron chi connectivity index (χ2n) is 6.27. The number of nitrogen functional groups attached to an aromatic ring is 1. The van der Waals surface area contributed by atoms with Crippen LogP contribution in [0.5, 0.6) is 0 Å². The highest BCUT2D eigenvalue weighted by Crippen LogP contribution is 2.36. The number of thioether (sulfide) groups is 1. The molecule has 154 valence electrons. The van der Waals surface area contributed by atoms with E-state index in [4.69, 9.17) is 5.73 Å². The van der Waals surface area contributed by atoms with Gasteiger partial charge in [0.1, 0.15) is 28.5 Å². The van der Waals surface area contributed by atoms with Crippen molar-refractivity contribution in [1.82, 2.24) is 4.98 Å². The number of rotatable bonds is 5. The lowest BCUT2D eigenvalue weighted by molar-refractivity contribution is -0.137. The third-order valence-corrected chi connectivity index (χ3v) is 5.33. The predicted octanol–water partition coefficient (Wildman–Crippen LogP) is 5.07. The van der Waals surface area contributed by atoms with E-state index in [0.29, 0.717) is 5.56 Å². The van der Waals surface area contributed by atoms with Crippen molar-refractivity contribution in [3.8, 4) is 23.3 Å². The van der Waals surface area contributed by atoms with Gasteiger partial charge in [0.15, 0.2) is 5.78 Å². The number of nitriles is 2. The average Bonchev–Trinajstić information content (AvgIpc) is 2.76. The molecule has 0 aliphatic rings. The summed E-state index contributed by atoms with van der Waals surface area (Å²) in [5.74, 6) is -1.30. The molecular formula is C22H13F3N4OS. The summed E-state index contributed by atoms with van der Waals surface area (Å²) in [4.78, 5) is 16.6. The lowest BCUT2D eigenvalue weighted by atomic mass is 9.97. The van der Waals surface area contributed by atoms with Crippen LogP contribution in [0.1, 0.15) is 27.0 Å². The maximum atomic E-state index is 13.2. The highest BCUT2D eigenvalue weighted by atomic mass is 32.2. The number of halogens is 3. The number of nitrogens with zero attached hydrogens (tertiary/aromatic N) is 3. The molecule has 0 fully saturated rings. The van der Waals surface area contributed by atoms with Crippen LogP contribution in [-0.4, -0.2) is 16.5 Å². The monoisotopic (exact) mass is 438 g/mol. The fraction of sp³-hybridized carbons (Fsp3) is 0.0909. The maximum Gasteiger partial charge on any atom is 0.417 e. The van der Waals surface area contributed by atoms with Crippen LogP contribution >= 0.6 is 11.8 Å². The minimum absolute atomic E-state index is 0.0147. The van der Waals surface area contributed by atoms with Gasteiger partial charge in [-0.2, -0.15) is 23.7 Å². The van der Waals surface area contributed by atoms with Gasteiger partial charge in [0.2, 0.25) is 0 Å². The van der Waals surface area contributed by atoms with Crippen molar-refractivity contribution in [3.63, 3.8) is 0 Å². The Labute approximate surface area is 179 Å². The molecule has 0 radical (unpaired) electrons. The number of hydrogen-bond donors (Lipinski definition) is 1. The molecule has 1 heterocycles. The van der Waals surface area contributed by atoms with Crippen molar-refractivity contribution < 1.29 is 18.0 Å². The van der Waals surface area contributed by atoms with Crippen molar-refractivity contribution >= 4 is 23.4 Å². The molecule has 0 amide bonds. The minimum atomic E-state index is -4.67. The molecule has 0 atom stereocenters. The van der Waals surface area contributed by atoms with Gasteiger partial charge >= 0.3 is 6.18 Å². The van der Waals surface area contributed by atoms with E-state index in [-0.39, 0.29) is 27.5 Å². The van der Waals surface area contributed by atoms with Crippen LogP contribution in [0.25, 0.3) is 11.1 Å². The van der Waals surface area contributed by atoms with Gasteiger partial charge in [-0.15, -0.1) is 0 Å². The Morgan fingerprint density at radius 3 is 2.23 bits per heavy atom. The maximum absolute atomic E-state index is 13.2. The van der Waals surface area contributed by atoms with E-state index < -0.39 is 28.8 Å². The third kappa shape index (κ3) is 4.52. The molecule has 3 aromatic rings. The molecule has 0 bridgehead atoms. The van der Waals surface area contributed by atoms with E-state index in [0.717, 1.165) is 23.9 Å². The molecule has 31 heavy (non-hydrogen) atoms. The summed E-state index contributed by atoms with van der Waals surface area (Å²) in [7, 11) is 0. The summed E-state index contributed by atoms with van der Waals surface area (Å²) in [5.41, 5.74) is 5.27. The first kappa shape index (κ1) is 21.9. The van der Waals surface area contributed by atoms with Crippen LogP contribution in [0.3, 0.4) is 0 Å². The molecule has 1 aromatic heterocycles. The predicted molar refractivity (Wildman–Crippen MR) is 110 cm³/mol. The minimum Gasteiger partial charge on any atom is -0.383 e. The average molecular weight is 438 g/mol. The standard InChI is InChI=1S/C22H13F3N4OS/c23-22(24,25)17-9-5-4-8-14(17)18(30)12-31-21-16(11-27)19(13-6-2-1-3-7-13)15(10-26)20(28)29-21/h1-9H,12H2,(H2,28,29). The number of anilines is 1. The Balaban J connectivity index is 2.01. The fourth-order valence-corrected chi connectivity index (χ4v) is 3.86. The molecule has 2 N–H and O–H groups in total. The molecule has 9 heteroatoms. The van der Waals surface area contributed by atoms with E-state index in [2.05, 4.69) is 4.98 Å².